The molecule has 3 heterocycles. The average molecular weight is 490 g/mol. The van der Waals surface area contributed by atoms with Crippen LogP contribution in [0.2, 0.25) is 0 Å². The number of benzene rings is 1. The summed E-state index contributed by atoms with van der Waals surface area (Å²) in [6, 6.07) is 7.76. The maximum absolute atomic E-state index is 14.5. The predicted molar refractivity (Wildman–Crippen MR) is 111 cm³/mol. The normalized spacial score (nSPS) is 11.3. The van der Waals surface area contributed by atoms with Crippen LogP contribution in [0.1, 0.15) is 16.9 Å². The molecule has 0 aliphatic heterocycles. The third kappa shape index (κ3) is 5.69. The monoisotopic (exact) mass is 490 g/mol. The molecule has 0 amide bonds. The largest absolute Gasteiger partial charge is 0.473 e. The first-order chi connectivity index (χ1) is 16.7. The van der Waals surface area contributed by atoms with Gasteiger partial charge in [0.15, 0.2) is 12.2 Å². The number of hydrogen-bond donors (Lipinski definition) is 0. The minimum atomic E-state index is -4.51. The molecule has 0 spiro atoms. The molecule has 35 heavy (non-hydrogen) atoms. The first kappa shape index (κ1) is 23.6. The van der Waals surface area contributed by atoms with Gasteiger partial charge in [0.25, 0.3) is 5.88 Å². The summed E-state index contributed by atoms with van der Waals surface area (Å²) in [4.78, 5) is 22.3. The average Bonchev–Trinajstić information content (AvgIpc) is 3.35. The zero-order valence-electron chi connectivity index (χ0n) is 17.5. The van der Waals surface area contributed by atoms with Crippen molar-refractivity contribution in [3.05, 3.63) is 94.1 Å². The fraction of sp³-hybridized carbons (Fsp3) is 0.136. The van der Waals surface area contributed by atoms with Crippen LogP contribution in [0.5, 0.6) is 11.8 Å². The Bertz CT molecular complexity index is 1350. The van der Waals surface area contributed by atoms with Crippen molar-refractivity contribution in [2.45, 2.75) is 19.4 Å². The second-order valence-electron chi connectivity index (χ2n) is 7.03. The fourth-order valence-electron chi connectivity index (χ4n) is 2.97. The number of nitrogens with zero attached hydrogens (tertiary/aromatic N) is 4. The molecule has 0 fully saturated rings. The molecule has 1 aromatic carbocycles. The molecule has 4 rings (SSSR count). The zero-order chi connectivity index (χ0) is 25.0. The van der Waals surface area contributed by atoms with E-state index in [1.165, 1.54) is 30.8 Å². The second-order valence-corrected chi connectivity index (χ2v) is 7.03. The molecule has 0 radical (unpaired) electrons. The van der Waals surface area contributed by atoms with E-state index in [0.717, 1.165) is 30.5 Å². The highest BCUT2D eigenvalue weighted by molar-refractivity contribution is 5.64. The Morgan fingerprint density at radius 2 is 1.89 bits per heavy atom. The van der Waals surface area contributed by atoms with Crippen LogP contribution in [0, 0.1) is 15.9 Å². The van der Waals surface area contributed by atoms with Crippen molar-refractivity contribution in [3.8, 4) is 23.0 Å². The lowest BCUT2D eigenvalue weighted by atomic mass is 10.1. The molecule has 0 aliphatic carbocycles. The van der Waals surface area contributed by atoms with Gasteiger partial charge < -0.3 is 13.9 Å². The number of pyridine rings is 2. The van der Waals surface area contributed by atoms with E-state index >= 15 is 0 Å². The molecule has 0 unspecified atom stereocenters. The van der Waals surface area contributed by atoms with Crippen molar-refractivity contribution in [2.24, 2.45) is 0 Å². The highest BCUT2D eigenvalue weighted by Gasteiger charge is 2.30. The standard InChI is InChI=1S/C22H14F4N4O5/c23-17-4-5-19(33-10-13-2-1-3-15(6-13)22(24,25)26)29-20(17)14-7-18(30(31)32)21(28-8-14)34-11-16-9-27-12-35-16/h1-9,12H,10-11H2. The van der Waals surface area contributed by atoms with Gasteiger partial charge in [-0.05, 0) is 23.8 Å². The third-order valence-electron chi connectivity index (χ3n) is 4.60. The first-order valence-electron chi connectivity index (χ1n) is 9.81. The zero-order valence-corrected chi connectivity index (χ0v) is 17.5. The molecule has 180 valence electrons. The number of alkyl halides is 3. The van der Waals surface area contributed by atoms with E-state index in [9.17, 15) is 27.7 Å². The quantitative estimate of drug-likeness (QED) is 0.184. The molecule has 0 atom stereocenters. The number of rotatable bonds is 8. The number of hydrogen-bond acceptors (Lipinski definition) is 8. The summed E-state index contributed by atoms with van der Waals surface area (Å²) >= 11 is 0. The topological polar surface area (TPSA) is 113 Å². The molecule has 3 aromatic heterocycles. The van der Waals surface area contributed by atoms with Crippen molar-refractivity contribution in [3.63, 3.8) is 0 Å². The molecule has 13 heteroatoms. The summed E-state index contributed by atoms with van der Waals surface area (Å²) in [6.45, 7) is -0.437. The maximum Gasteiger partial charge on any atom is 0.416 e. The fourth-order valence-corrected chi connectivity index (χ4v) is 2.97. The first-order valence-corrected chi connectivity index (χ1v) is 9.81. The number of nitro groups is 1. The minimum Gasteiger partial charge on any atom is -0.473 e. The highest BCUT2D eigenvalue weighted by atomic mass is 19.4. The van der Waals surface area contributed by atoms with E-state index in [4.69, 9.17) is 13.9 Å². The molecular weight excluding hydrogens is 476 g/mol. The molecule has 0 bridgehead atoms. The summed E-state index contributed by atoms with van der Waals surface area (Å²) in [7, 11) is 0. The van der Waals surface area contributed by atoms with E-state index in [0.29, 0.717) is 5.76 Å². The number of aromatic nitrogens is 3. The van der Waals surface area contributed by atoms with Crippen molar-refractivity contribution in [1.82, 2.24) is 15.0 Å². The maximum atomic E-state index is 14.5. The van der Waals surface area contributed by atoms with Gasteiger partial charge in [-0.2, -0.15) is 13.2 Å². The Hall–Kier alpha value is -4.55. The van der Waals surface area contributed by atoms with E-state index in [2.05, 4.69) is 15.0 Å². The summed E-state index contributed by atoms with van der Waals surface area (Å²) in [5.41, 5.74) is -1.50. The molecule has 4 aromatic rings. The van der Waals surface area contributed by atoms with Gasteiger partial charge >= 0.3 is 11.9 Å². The van der Waals surface area contributed by atoms with Crippen LogP contribution in [0.3, 0.4) is 0 Å². The summed E-state index contributed by atoms with van der Waals surface area (Å²) in [5.74, 6) is -0.939. The van der Waals surface area contributed by atoms with Crippen LogP contribution in [-0.2, 0) is 19.4 Å². The molecule has 0 saturated carbocycles. The Kier molecular flexibility index (Phi) is 6.57. The lowest BCUT2D eigenvalue weighted by molar-refractivity contribution is -0.386. The van der Waals surface area contributed by atoms with Crippen molar-refractivity contribution in [2.75, 3.05) is 0 Å². The minimum absolute atomic E-state index is 0.0364. The van der Waals surface area contributed by atoms with Crippen LogP contribution in [0.4, 0.5) is 23.2 Å². The Morgan fingerprint density at radius 3 is 2.60 bits per heavy atom. The third-order valence-corrected chi connectivity index (χ3v) is 4.60. The van der Waals surface area contributed by atoms with Crippen molar-refractivity contribution >= 4 is 5.69 Å². The van der Waals surface area contributed by atoms with Crippen LogP contribution in [-0.4, -0.2) is 19.9 Å². The van der Waals surface area contributed by atoms with Gasteiger partial charge in [-0.15, -0.1) is 0 Å². The summed E-state index contributed by atoms with van der Waals surface area (Å²) < 4.78 is 68.9. The van der Waals surface area contributed by atoms with Gasteiger partial charge in [-0.3, -0.25) is 10.1 Å². The highest BCUT2D eigenvalue weighted by Crippen LogP contribution is 2.32. The Labute approximate surface area is 194 Å². The van der Waals surface area contributed by atoms with Crippen LogP contribution < -0.4 is 9.47 Å². The molecule has 9 nitrogen and oxygen atoms in total. The second kappa shape index (κ2) is 9.75. The lowest BCUT2D eigenvalue weighted by Gasteiger charge is -2.11. The number of halogens is 4. The molecule has 0 N–H and O–H groups in total. The number of ether oxygens (including phenoxy) is 2. The van der Waals surface area contributed by atoms with Crippen LogP contribution in [0.15, 0.2) is 65.7 Å². The van der Waals surface area contributed by atoms with Crippen molar-refractivity contribution < 1.29 is 36.4 Å². The van der Waals surface area contributed by atoms with E-state index < -0.39 is 28.2 Å². The molecular formula is C22H14F4N4O5. The van der Waals surface area contributed by atoms with Gasteiger partial charge in [0.05, 0.1) is 16.7 Å². The SMILES string of the molecule is O=[N+]([O-])c1cc(-c2nc(OCc3cccc(C(F)(F)F)c3)ccc2F)cnc1OCc1cnco1. The van der Waals surface area contributed by atoms with Gasteiger partial charge in [0.1, 0.15) is 24.7 Å². The lowest BCUT2D eigenvalue weighted by Crippen LogP contribution is -2.06. The number of oxazole rings is 1. The van der Waals surface area contributed by atoms with Gasteiger partial charge in [0, 0.05) is 23.9 Å². The van der Waals surface area contributed by atoms with Gasteiger partial charge in [-0.1, -0.05) is 12.1 Å². The summed E-state index contributed by atoms with van der Waals surface area (Å²) in [5, 5.41) is 11.5. The van der Waals surface area contributed by atoms with Crippen LogP contribution >= 0.6 is 0 Å². The van der Waals surface area contributed by atoms with E-state index in [1.54, 1.807) is 0 Å². The van der Waals surface area contributed by atoms with E-state index in [-0.39, 0.29) is 41.8 Å². The van der Waals surface area contributed by atoms with Crippen LogP contribution in [0.25, 0.3) is 11.3 Å². The summed E-state index contributed by atoms with van der Waals surface area (Å²) in [6.07, 6.45) is -0.848. The van der Waals surface area contributed by atoms with E-state index in [1.807, 2.05) is 0 Å². The predicted octanol–water partition coefficient (Wildman–Crippen LogP) is 5.36. The Morgan fingerprint density at radius 1 is 1.06 bits per heavy atom. The molecule has 0 aliphatic rings. The Balaban J connectivity index is 1.55. The van der Waals surface area contributed by atoms with Gasteiger partial charge in [-0.25, -0.2) is 19.3 Å². The smallest absolute Gasteiger partial charge is 0.416 e. The van der Waals surface area contributed by atoms with Crippen molar-refractivity contribution in [1.29, 1.82) is 0 Å². The molecule has 0 saturated heterocycles. The van der Waals surface area contributed by atoms with Gasteiger partial charge in [0.2, 0.25) is 5.88 Å².